The highest BCUT2D eigenvalue weighted by Crippen LogP contribution is 2.26. The molecule has 1 N–H and O–H groups in total. The summed E-state index contributed by atoms with van der Waals surface area (Å²) < 4.78 is 1.07. The van der Waals surface area contributed by atoms with Crippen LogP contribution in [-0.4, -0.2) is 45.8 Å². The number of amides is 2. The van der Waals surface area contributed by atoms with Crippen molar-refractivity contribution < 1.29 is 9.59 Å². The van der Waals surface area contributed by atoms with Crippen molar-refractivity contribution in [2.75, 3.05) is 13.1 Å². The van der Waals surface area contributed by atoms with Crippen molar-refractivity contribution in [1.82, 2.24) is 20.2 Å². The number of hydrogen-bond acceptors (Lipinski definition) is 6. The van der Waals surface area contributed by atoms with Crippen LogP contribution in [0.15, 0.2) is 58.5 Å². The first-order valence-electron chi connectivity index (χ1n) is 10.2. The largest absolute Gasteiger partial charge is 0.349 e. The van der Waals surface area contributed by atoms with Crippen LogP contribution in [0.5, 0.6) is 0 Å². The third kappa shape index (κ3) is 5.71. The molecule has 4 rings (SSSR count). The van der Waals surface area contributed by atoms with Gasteiger partial charge in [-0.05, 0) is 49.6 Å². The number of pyridine rings is 1. The second-order valence-electron chi connectivity index (χ2n) is 7.52. The fourth-order valence-corrected chi connectivity index (χ4v) is 5.27. The Morgan fingerprint density at radius 3 is 2.58 bits per heavy atom. The second kappa shape index (κ2) is 10.1. The van der Waals surface area contributed by atoms with E-state index in [9.17, 15) is 9.59 Å². The Kier molecular flexibility index (Phi) is 6.99. The lowest BCUT2D eigenvalue weighted by atomic mass is 10.0. The van der Waals surface area contributed by atoms with Gasteiger partial charge in [-0.15, -0.1) is 11.3 Å². The molecular weight excluding hydrogens is 428 g/mol. The lowest BCUT2D eigenvalue weighted by Gasteiger charge is -2.32. The maximum absolute atomic E-state index is 12.9. The molecule has 0 unspecified atom stereocenters. The maximum atomic E-state index is 12.9. The number of aromatic nitrogens is 2. The summed E-state index contributed by atoms with van der Waals surface area (Å²) in [7, 11) is 0. The molecule has 31 heavy (non-hydrogen) atoms. The summed E-state index contributed by atoms with van der Waals surface area (Å²) in [5.74, 6) is 0.773. The van der Waals surface area contributed by atoms with Gasteiger partial charge in [0, 0.05) is 53.9 Å². The highest BCUT2D eigenvalue weighted by Gasteiger charge is 2.25. The smallest absolute Gasteiger partial charge is 0.253 e. The molecule has 2 aromatic heterocycles. The molecule has 160 valence electrons. The van der Waals surface area contributed by atoms with Crippen LogP contribution in [0.25, 0.3) is 0 Å². The van der Waals surface area contributed by atoms with Crippen LogP contribution in [0, 0.1) is 6.92 Å². The average Bonchev–Trinajstić information content (AvgIpc) is 3.24. The van der Waals surface area contributed by atoms with Gasteiger partial charge in [-0.25, -0.2) is 4.98 Å². The molecule has 2 amide bonds. The number of carbonyl (C=O) groups is 2. The number of thioether (sulfide) groups is 1. The number of carbonyl (C=O) groups excluding carboxylic acids is 2. The van der Waals surface area contributed by atoms with Gasteiger partial charge < -0.3 is 10.2 Å². The van der Waals surface area contributed by atoms with E-state index in [0.717, 1.165) is 28.6 Å². The summed E-state index contributed by atoms with van der Waals surface area (Å²) in [6.45, 7) is 3.27. The van der Waals surface area contributed by atoms with Crippen LogP contribution in [0.3, 0.4) is 0 Å². The molecular formula is C23H24N4O2S2. The molecule has 6 nitrogen and oxygen atoms in total. The molecule has 1 fully saturated rings. The minimum atomic E-state index is -0.112. The Morgan fingerprint density at radius 1 is 1.16 bits per heavy atom. The zero-order valence-corrected chi connectivity index (χ0v) is 18.9. The van der Waals surface area contributed by atoms with Crippen molar-refractivity contribution in [3.05, 3.63) is 76.6 Å². The Bertz CT molecular complexity index is 1030. The number of benzene rings is 1. The van der Waals surface area contributed by atoms with Crippen LogP contribution < -0.4 is 5.32 Å². The maximum Gasteiger partial charge on any atom is 0.253 e. The highest BCUT2D eigenvalue weighted by atomic mass is 32.2. The Balaban J connectivity index is 1.26. The van der Waals surface area contributed by atoms with E-state index in [-0.39, 0.29) is 17.9 Å². The fraction of sp³-hybridized carbons (Fsp3) is 0.304. The minimum absolute atomic E-state index is 0.0480. The first kappa shape index (κ1) is 21.5. The number of nitrogens with one attached hydrogen (secondary N) is 1. The first-order chi connectivity index (χ1) is 15.1. The van der Waals surface area contributed by atoms with Crippen LogP contribution in [0.2, 0.25) is 0 Å². The summed E-state index contributed by atoms with van der Waals surface area (Å²) in [6.07, 6.45) is 4.71. The van der Waals surface area contributed by atoms with Crippen molar-refractivity contribution in [1.29, 1.82) is 0 Å². The number of thiazole rings is 1. The zero-order chi connectivity index (χ0) is 21.6. The van der Waals surface area contributed by atoms with Gasteiger partial charge in [0.15, 0.2) is 0 Å². The van der Waals surface area contributed by atoms with Gasteiger partial charge in [0.2, 0.25) is 0 Å². The molecule has 0 spiro atoms. The van der Waals surface area contributed by atoms with E-state index in [0.29, 0.717) is 24.2 Å². The molecule has 1 saturated heterocycles. The summed E-state index contributed by atoms with van der Waals surface area (Å²) in [4.78, 5) is 35.5. The molecule has 0 saturated carbocycles. The van der Waals surface area contributed by atoms with E-state index in [1.807, 2.05) is 36.1 Å². The Labute approximate surface area is 190 Å². The number of nitrogens with zero attached hydrogens (tertiary/aromatic N) is 3. The molecule has 3 aromatic rings. The Hall–Kier alpha value is -2.71. The SMILES string of the molecule is Cc1csc(SCc2ccc(C(=O)N3CCC(NC(=O)c4cccnc4)CC3)cc2)n1. The monoisotopic (exact) mass is 452 g/mol. The van der Waals surface area contributed by atoms with Crippen molar-refractivity contribution in [3.63, 3.8) is 0 Å². The minimum Gasteiger partial charge on any atom is -0.349 e. The van der Waals surface area contributed by atoms with Gasteiger partial charge in [-0.3, -0.25) is 14.6 Å². The quantitative estimate of drug-likeness (QED) is 0.568. The van der Waals surface area contributed by atoms with Gasteiger partial charge >= 0.3 is 0 Å². The van der Waals surface area contributed by atoms with Crippen molar-refractivity contribution in [3.8, 4) is 0 Å². The lowest BCUT2D eigenvalue weighted by Crippen LogP contribution is -2.46. The topological polar surface area (TPSA) is 75.2 Å². The molecule has 0 atom stereocenters. The molecule has 0 radical (unpaired) electrons. The first-order valence-corrected chi connectivity index (χ1v) is 12.1. The van der Waals surface area contributed by atoms with Gasteiger partial charge in [-0.1, -0.05) is 23.9 Å². The van der Waals surface area contributed by atoms with Gasteiger partial charge in [0.1, 0.15) is 4.34 Å². The summed E-state index contributed by atoms with van der Waals surface area (Å²) in [5.41, 5.74) is 3.49. The lowest BCUT2D eigenvalue weighted by molar-refractivity contribution is 0.0698. The predicted octanol–water partition coefficient (Wildman–Crippen LogP) is 4.17. The highest BCUT2D eigenvalue weighted by molar-refractivity contribution is 8.00. The summed E-state index contributed by atoms with van der Waals surface area (Å²) in [6, 6.07) is 11.4. The van der Waals surface area contributed by atoms with E-state index in [1.54, 1.807) is 47.6 Å². The van der Waals surface area contributed by atoms with Crippen LogP contribution in [-0.2, 0) is 5.75 Å². The summed E-state index contributed by atoms with van der Waals surface area (Å²) >= 11 is 3.37. The third-order valence-electron chi connectivity index (χ3n) is 5.20. The van der Waals surface area contributed by atoms with E-state index in [4.69, 9.17) is 0 Å². The second-order valence-corrected chi connectivity index (χ2v) is 9.60. The standard InChI is InChI=1S/C23H24N4O2S2/c1-16-14-30-23(25-16)31-15-17-4-6-18(7-5-17)22(29)27-11-8-20(9-12-27)26-21(28)19-3-2-10-24-13-19/h2-7,10,13-14,20H,8-9,11-12,15H2,1H3,(H,26,28). The molecule has 1 aromatic carbocycles. The van der Waals surface area contributed by atoms with Crippen molar-refractivity contribution in [2.24, 2.45) is 0 Å². The summed E-state index contributed by atoms with van der Waals surface area (Å²) in [5, 5.41) is 5.10. The number of aryl methyl sites for hydroxylation is 1. The van der Waals surface area contributed by atoms with E-state index >= 15 is 0 Å². The molecule has 0 aliphatic carbocycles. The van der Waals surface area contributed by atoms with Crippen molar-refractivity contribution in [2.45, 2.75) is 35.9 Å². The van der Waals surface area contributed by atoms with Crippen LogP contribution >= 0.6 is 23.1 Å². The van der Waals surface area contributed by atoms with E-state index in [2.05, 4.69) is 20.7 Å². The number of rotatable bonds is 6. The number of hydrogen-bond donors (Lipinski definition) is 1. The molecule has 1 aliphatic heterocycles. The molecule has 3 heterocycles. The normalized spacial score (nSPS) is 14.4. The van der Waals surface area contributed by atoms with Crippen LogP contribution in [0.1, 0.15) is 44.8 Å². The fourth-order valence-electron chi connectivity index (χ4n) is 3.46. The van der Waals surface area contributed by atoms with Gasteiger partial charge in [0.25, 0.3) is 11.8 Å². The van der Waals surface area contributed by atoms with Crippen molar-refractivity contribution >= 4 is 34.9 Å². The average molecular weight is 453 g/mol. The predicted molar refractivity (Wildman–Crippen MR) is 123 cm³/mol. The van der Waals surface area contributed by atoms with Gasteiger partial charge in [0.05, 0.1) is 5.56 Å². The number of piperidine rings is 1. The molecule has 1 aliphatic rings. The third-order valence-corrected chi connectivity index (χ3v) is 7.41. The van der Waals surface area contributed by atoms with E-state index < -0.39 is 0 Å². The van der Waals surface area contributed by atoms with Crippen LogP contribution in [0.4, 0.5) is 0 Å². The zero-order valence-electron chi connectivity index (χ0n) is 17.3. The van der Waals surface area contributed by atoms with E-state index in [1.165, 1.54) is 5.56 Å². The molecule has 8 heteroatoms. The van der Waals surface area contributed by atoms with Gasteiger partial charge in [-0.2, -0.15) is 0 Å². The Morgan fingerprint density at radius 2 is 1.94 bits per heavy atom. The molecule has 0 bridgehead atoms. The number of likely N-dealkylation sites (tertiary alicyclic amines) is 1.